The number of pyridine rings is 1. The van der Waals surface area contributed by atoms with Crippen LogP contribution < -0.4 is 10.6 Å². The zero-order valence-corrected chi connectivity index (χ0v) is 11.6. The zero-order valence-electron chi connectivity index (χ0n) is 11.6. The van der Waals surface area contributed by atoms with Crippen LogP contribution in [0, 0.1) is 11.8 Å². The fraction of sp³-hybridized carbons (Fsp3) is 0.438. The van der Waals surface area contributed by atoms with Crippen molar-refractivity contribution in [3.63, 3.8) is 0 Å². The van der Waals surface area contributed by atoms with Gasteiger partial charge in [0.2, 0.25) is 0 Å². The number of nitrogens with zero attached hydrogens (tertiary/aromatic N) is 2. The zero-order chi connectivity index (χ0) is 13.4. The average molecular weight is 255 g/mol. The molecular formula is C16H21N3. The van der Waals surface area contributed by atoms with E-state index in [0.717, 1.165) is 36.0 Å². The molecule has 1 fully saturated rings. The van der Waals surface area contributed by atoms with E-state index in [9.17, 15) is 0 Å². The predicted molar refractivity (Wildman–Crippen MR) is 81.3 cm³/mol. The maximum Gasteiger partial charge on any atom is 0.0463 e. The molecule has 1 aromatic heterocycles. The van der Waals surface area contributed by atoms with Crippen LogP contribution in [0.2, 0.25) is 0 Å². The van der Waals surface area contributed by atoms with Gasteiger partial charge >= 0.3 is 0 Å². The van der Waals surface area contributed by atoms with Gasteiger partial charge < -0.3 is 10.6 Å². The third-order valence-electron chi connectivity index (χ3n) is 4.34. The summed E-state index contributed by atoms with van der Waals surface area (Å²) < 4.78 is 0. The third kappa shape index (κ3) is 2.14. The van der Waals surface area contributed by atoms with E-state index in [-0.39, 0.29) is 0 Å². The van der Waals surface area contributed by atoms with E-state index < -0.39 is 0 Å². The first-order valence-corrected chi connectivity index (χ1v) is 7.04. The molecule has 3 heteroatoms. The molecule has 100 valence electrons. The molecule has 1 aliphatic rings. The number of anilines is 2. The van der Waals surface area contributed by atoms with Crippen molar-refractivity contribution in [3.05, 3.63) is 30.6 Å². The summed E-state index contributed by atoms with van der Waals surface area (Å²) in [5, 5.41) is 2.28. The Bertz CT molecular complexity index is 592. The summed E-state index contributed by atoms with van der Waals surface area (Å²) in [5.74, 6) is 1.55. The summed E-state index contributed by atoms with van der Waals surface area (Å²) in [7, 11) is 0. The van der Waals surface area contributed by atoms with Gasteiger partial charge in [-0.2, -0.15) is 0 Å². The Kier molecular flexibility index (Phi) is 3.05. The summed E-state index contributed by atoms with van der Waals surface area (Å²) in [5.41, 5.74) is 8.17. The molecule has 0 radical (unpaired) electrons. The SMILES string of the molecule is CC(C)C1CCN(c2ccc(N)c3ccncc23)C1. The van der Waals surface area contributed by atoms with E-state index in [2.05, 4.69) is 29.8 Å². The lowest BCUT2D eigenvalue weighted by atomic mass is 9.95. The number of nitrogen functional groups attached to an aromatic ring is 1. The second kappa shape index (κ2) is 4.72. The van der Waals surface area contributed by atoms with Crippen LogP contribution in [0.1, 0.15) is 20.3 Å². The Morgan fingerprint density at radius 1 is 1.26 bits per heavy atom. The largest absolute Gasteiger partial charge is 0.398 e. The molecule has 0 aliphatic carbocycles. The van der Waals surface area contributed by atoms with Crippen LogP contribution in [-0.4, -0.2) is 18.1 Å². The van der Waals surface area contributed by atoms with Crippen molar-refractivity contribution in [3.8, 4) is 0 Å². The van der Waals surface area contributed by atoms with Gasteiger partial charge in [-0.3, -0.25) is 4.98 Å². The first-order valence-electron chi connectivity index (χ1n) is 7.04. The van der Waals surface area contributed by atoms with E-state index in [1.807, 2.05) is 24.5 Å². The molecule has 0 amide bonds. The molecule has 1 unspecified atom stereocenters. The van der Waals surface area contributed by atoms with Gasteiger partial charge in [-0.1, -0.05) is 13.8 Å². The van der Waals surface area contributed by atoms with Gasteiger partial charge in [0.1, 0.15) is 0 Å². The van der Waals surface area contributed by atoms with Gasteiger partial charge in [0.25, 0.3) is 0 Å². The molecule has 2 N–H and O–H groups in total. The first kappa shape index (κ1) is 12.3. The second-order valence-corrected chi connectivity index (χ2v) is 5.83. The van der Waals surface area contributed by atoms with Crippen molar-refractivity contribution in [1.82, 2.24) is 4.98 Å². The summed E-state index contributed by atoms with van der Waals surface area (Å²) >= 11 is 0. The number of rotatable bonds is 2. The maximum atomic E-state index is 6.05. The molecule has 0 spiro atoms. The quantitative estimate of drug-likeness (QED) is 0.837. The van der Waals surface area contributed by atoms with E-state index in [4.69, 9.17) is 5.73 Å². The molecule has 3 nitrogen and oxygen atoms in total. The lowest BCUT2D eigenvalue weighted by Crippen LogP contribution is -2.21. The van der Waals surface area contributed by atoms with Gasteiger partial charge in [-0.15, -0.1) is 0 Å². The van der Waals surface area contributed by atoms with Crippen molar-refractivity contribution in [2.24, 2.45) is 11.8 Å². The molecular weight excluding hydrogens is 234 g/mol. The number of aromatic nitrogens is 1. The molecule has 0 bridgehead atoms. The van der Waals surface area contributed by atoms with Gasteiger partial charge in [-0.05, 0) is 36.5 Å². The molecule has 0 saturated carbocycles. The fourth-order valence-electron chi connectivity index (χ4n) is 3.02. The lowest BCUT2D eigenvalue weighted by Gasteiger charge is -2.22. The van der Waals surface area contributed by atoms with Crippen molar-refractivity contribution in [2.75, 3.05) is 23.7 Å². The summed E-state index contributed by atoms with van der Waals surface area (Å²) in [6.45, 7) is 6.91. The molecule has 1 atom stereocenters. The highest BCUT2D eigenvalue weighted by Gasteiger charge is 2.26. The first-order chi connectivity index (χ1) is 9.16. The summed E-state index contributed by atoms with van der Waals surface area (Å²) in [4.78, 5) is 6.74. The number of hydrogen-bond acceptors (Lipinski definition) is 3. The highest BCUT2D eigenvalue weighted by atomic mass is 15.2. The Morgan fingerprint density at radius 2 is 2.11 bits per heavy atom. The maximum absolute atomic E-state index is 6.05. The smallest absolute Gasteiger partial charge is 0.0463 e. The molecule has 2 aromatic rings. The van der Waals surface area contributed by atoms with Crippen molar-refractivity contribution in [1.29, 1.82) is 0 Å². The highest BCUT2D eigenvalue weighted by molar-refractivity contribution is 6.00. The van der Waals surface area contributed by atoms with Crippen molar-refractivity contribution >= 4 is 22.1 Å². The molecule has 1 aliphatic heterocycles. The van der Waals surface area contributed by atoms with Crippen LogP contribution in [0.4, 0.5) is 11.4 Å². The van der Waals surface area contributed by atoms with Gasteiger partial charge in [0, 0.05) is 47.6 Å². The molecule has 1 aromatic carbocycles. The minimum Gasteiger partial charge on any atom is -0.398 e. The molecule has 3 rings (SSSR count). The van der Waals surface area contributed by atoms with E-state index in [1.165, 1.54) is 17.5 Å². The minimum atomic E-state index is 0.753. The van der Waals surface area contributed by atoms with Crippen LogP contribution in [-0.2, 0) is 0 Å². The Balaban J connectivity index is 2.00. The highest BCUT2D eigenvalue weighted by Crippen LogP contribution is 2.34. The van der Waals surface area contributed by atoms with Crippen LogP contribution in [0.5, 0.6) is 0 Å². The average Bonchev–Trinajstić information content (AvgIpc) is 2.89. The Labute approximate surface area is 114 Å². The standard InChI is InChI=1S/C16H21N3/c1-11(2)12-6-8-19(10-12)16-4-3-15(17)13-5-7-18-9-14(13)16/h3-5,7,9,11-12H,6,8,10,17H2,1-2H3. The van der Waals surface area contributed by atoms with Crippen LogP contribution in [0.15, 0.2) is 30.6 Å². The van der Waals surface area contributed by atoms with Gasteiger partial charge in [0.05, 0.1) is 0 Å². The fourth-order valence-corrected chi connectivity index (χ4v) is 3.02. The van der Waals surface area contributed by atoms with E-state index in [1.54, 1.807) is 0 Å². The monoisotopic (exact) mass is 255 g/mol. The van der Waals surface area contributed by atoms with Crippen LogP contribution >= 0.6 is 0 Å². The third-order valence-corrected chi connectivity index (χ3v) is 4.34. The van der Waals surface area contributed by atoms with Crippen molar-refractivity contribution < 1.29 is 0 Å². The van der Waals surface area contributed by atoms with E-state index in [0.29, 0.717) is 0 Å². The van der Waals surface area contributed by atoms with Crippen molar-refractivity contribution in [2.45, 2.75) is 20.3 Å². The van der Waals surface area contributed by atoms with Crippen LogP contribution in [0.25, 0.3) is 10.8 Å². The van der Waals surface area contributed by atoms with Gasteiger partial charge in [0.15, 0.2) is 0 Å². The summed E-state index contributed by atoms with van der Waals surface area (Å²) in [6.07, 6.45) is 5.02. The predicted octanol–water partition coefficient (Wildman–Crippen LogP) is 3.30. The normalized spacial score (nSPS) is 19.5. The number of hydrogen-bond donors (Lipinski definition) is 1. The van der Waals surface area contributed by atoms with Crippen LogP contribution in [0.3, 0.4) is 0 Å². The summed E-state index contributed by atoms with van der Waals surface area (Å²) in [6, 6.07) is 6.16. The second-order valence-electron chi connectivity index (χ2n) is 5.83. The molecule has 2 heterocycles. The minimum absolute atomic E-state index is 0.753. The topological polar surface area (TPSA) is 42.1 Å². The Hall–Kier alpha value is -1.77. The molecule has 19 heavy (non-hydrogen) atoms. The van der Waals surface area contributed by atoms with E-state index >= 15 is 0 Å². The molecule has 1 saturated heterocycles. The Morgan fingerprint density at radius 3 is 2.84 bits per heavy atom. The number of nitrogens with two attached hydrogens (primary N) is 1. The number of benzene rings is 1. The van der Waals surface area contributed by atoms with Gasteiger partial charge in [-0.25, -0.2) is 0 Å². The lowest BCUT2D eigenvalue weighted by molar-refractivity contribution is 0.423. The number of fused-ring (bicyclic) bond motifs is 1.